The van der Waals surface area contributed by atoms with Crippen molar-refractivity contribution >= 4 is 0 Å². The first-order valence-electron chi connectivity index (χ1n) is 6.88. The Morgan fingerprint density at radius 1 is 1.28 bits per heavy atom. The van der Waals surface area contributed by atoms with Crippen molar-refractivity contribution in [1.82, 2.24) is 4.90 Å². The highest BCUT2D eigenvalue weighted by atomic mass is 19.1. The summed E-state index contributed by atoms with van der Waals surface area (Å²) in [6.07, 6.45) is 3.84. The molecule has 3 heteroatoms. The molecule has 2 rings (SSSR count). The molecule has 0 amide bonds. The van der Waals surface area contributed by atoms with Gasteiger partial charge in [0.05, 0.1) is 0 Å². The first-order chi connectivity index (χ1) is 8.65. The van der Waals surface area contributed by atoms with Crippen LogP contribution < -0.4 is 5.73 Å². The molecule has 18 heavy (non-hydrogen) atoms. The maximum Gasteiger partial charge on any atom is 0.123 e. The van der Waals surface area contributed by atoms with Crippen LogP contribution >= 0.6 is 0 Å². The van der Waals surface area contributed by atoms with Crippen LogP contribution in [0.2, 0.25) is 0 Å². The lowest BCUT2D eigenvalue weighted by atomic mass is 10.0. The summed E-state index contributed by atoms with van der Waals surface area (Å²) in [7, 11) is 0. The average molecular weight is 250 g/mol. The van der Waals surface area contributed by atoms with Gasteiger partial charge in [0.1, 0.15) is 5.82 Å². The molecule has 1 aromatic rings. The normalized spacial score (nSPS) is 23.6. The quantitative estimate of drug-likeness (QED) is 0.893. The molecule has 1 aliphatic rings. The van der Waals surface area contributed by atoms with Crippen LogP contribution in [0.3, 0.4) is 0 Å². The number of rotatable bonds is 3. The number of nitrogens with zero attached hydrogens (tertiary/aromatic N) is 1. The minimum atomic E-state index is -0.199. The summed E-state index contributed by atoms with van der Waals surface area (Å²) >= 11 is 0. The molecule has 1 saturated heterocycles. The summed E-state index contributed by atoms with van der Waals surface area (Å²) in [4.78, 5) is 2.44. The van der Waals surface area contributed by atoms with E-state index < -0.39 is 0 Å². The number of nitrogens with two attached hydrogens (primary N) is 1. The van der Waals surface area contributed by atoms with Gasteiger partial charge >= 0.3 is 0 Å². The highest BCUT2D eigenvalue weighted by molar-refractivity contribution is 5.19. The van der Waals surface area contributed by atoms with E-state index in [1.165, 1.54) is 31.4 Å². The van der Waals surface area contributed by atoms with Gasteiger partial charge in [0.2, 0.25) is 0 Å². The second kappa shape index (κ2) is 6.30. The summed E-state index contributed by atoms with van der Waals surface area (Å²) in [6, 6.07) is 6.54. The summed E-state index contributed by atoms with van der Waals surface area (Å²) < 4.78 is 12.9. The fraction of sp³-hybridized carbons (Fsp3) is 0.600. The topological polar surface area (TPSA) is 29.3 Å². The van der Waals surface area contributed by atoms with E-state index in [1.807, 2.05) is 0 Å². The van der Waals surface area contributed by atoms with Crippen LogP contribution in [-0.2, 0) is 0 Å². The molecule has 0 radical (unpaired) electrons. The van der Waals surface area contributed by atoms with Crippen LogP contribution in [0.1, 0.15) is 37.8 Å². The second-order valence-corrected chi connectivity index (χ2v) is 5.49. The molecule has 1 aliphatic heterocycles. The van der Waals surface area contributed by atoms with E-state index in [4.69, 9.17) is 5.73 Å². The van der Waals surface area contributed by atoms with Crippen molar-refractivity contribution in [1.29, 1.82) is 0 Å². The Morgan fingerprint density at radius 2 is 2.00 bits per heavy atom. The van der Waals surface area contributed by atoms with E-state index >= 15 is 0 Å². The van der Waals surface area contributed by atoms with Crippen LogP contribution in [0.5, 0.6) is 0 Å². The second-order valence-electron chi connectivity index (χ2n) is 5.49. The van der Waals surface area contributed by atoms with Gasteiger partial charge < -0.3 is 10.6 Å². The Bertz CT molecular complexity index is 363. The predicted molar refractivity (Wildman–Crippen MR) is 72.8 cm³/mol. The molecule has 2 nitrogen and oxygen atoms in total. The molecule has 2 atom stereocenters. The number of hydrogen-bond acceptors (Lipinski definition) is 2. The molecule has 0 aliphatic carbocycles. The SMILES string of the molecule is CC1CCCN(CC(N)c2ccc(F)cc2)CC1. The Morgan fingerprint density at radius 3 is 2.72 bits per heavy atom. The van der Waals surface area contributed by atoms with Crippen LogP contribution in [0.15, 0.2) is 24.3 Å². The maximum absolute atomic E-state index is 12.9. The molecule has 1 heterocycles. The summed E-state index contributed by atoms with van der Waals surface area (Å²) in [6.45, 7) is 5.47. The first-order valence-corrected chi connectivity index (χ1v) is 6.88. The fourth-order valence-corrected chi connectivity index (χ4v) is 2.60. The molecule has 2 unspecified atom stereocenters. The van der Waals surface area contributed by atoms with Crippen molar-refractivity contribution < 1.29 is 4.39 Å². The van der Waals surface area contributed by atoms with Gasteiger partial charge in [-0.1, -0.05) is 19.1 Å². The highest BCUT2D eigenvalue weighted by Gasteiger charge is 2.16. The highest BCUT2D eigenvalue weighted by Crippen LogP contribution is 2.19. The Hall–Kier alpha value is -0.930. The van der Waals surface area contributed by atoms with Gasteiger partial charge in [-0.05, 0) is 56.0 Å². The van der Waals surface area contributed by atoms with Crippen LogP contribution in [-0.4, -0.2) is 24.5 Å². The van der Waals surface area contributed by atoms with Crippen molar-refractivity contribution in [3.05, 3.63) is 35.6 Å². The van der Waals surface area contributed by atoms with Crippen molar-refractivity contribution in [2.45, 2.75) is 32.2 Å². The van der Waals surface area contributed by atoms with E-state index in [-0.39, 0.29) is 11.9 Å². The van der Waals surface area contributed by atoms with Crippen LogP contribution in [0.4, 0.5) is 4.39 Å². The molecule has 100 valence electrons. The largest absolute Gasteiger partial charge is 0.323 e. The monoisotopic (exact) mass is 250 g/mol. The minimum absolute atomic E-state index is 0.0148. The third-order valence-corrected chi connectivity index (χ3v) is 3.86. The Labute approximate surface area is 109 Å². The molecule has 0 saturated carbocycles. The van der Waals surface area contributed by atoms with Crippen molar-refractivity contribution in [2.24, 2.45) is 11.7 Å². The van der Waals surface area contributed by atoms with Gasteiger partial charge in [-0.25, -0.2) is 4.39 Å². The lowest BCUT2D eigenvalue weighted by Crippen LogP contribution is -2.33. The molecule has 0 bridgehead atoms. The molecule has 2 N–H and O–H groups in total. The van der Waals surface area contributed by atoms with E-state index in [1.54, 1.807) is 12.1 Å². The number of benzene rings is 1. The zero-order chi connectivity index (χ0) is 13.0. The van der Waals surface area contributed by atoms with Crippen molar-refractivity contribution in [2.75, 3.05) is 19.6 Å². The molecular formula is C15H23FN2. The lowest BCUT2D eigenvalue weighted by molar-refractivity contribution is 0.265. The summed E-state index contributed by atoms with van der Waals surface area (Å²) in [5.41, 5.74) is 7.22. The van der Waals surface area contributed by atoms with Gasteiger partial charge in [-0.3, -0.25) is 0 Å². The summed E-state index contributed by atoms with van der Waals surface area (Å²) in [5.74, 6) is 0.631. The van der Waals surface area contributed by atoms with Crippen molar-refractivity contribution in [3.63, 3.8) is 0 Å². The molecular weight excluding hydrogens is 227 g/mol. The van der Waals surface area contributed by atoms with Crippen molar-refractivity contribution in [3.8, 4) is 0 Å². The smallest absolute Gasteiger partial charge is 0.123 e. The van der Waals surface area contributed by atoms with Gasteiger partial charge in [0.25, 0.3) is 0 Å². The first kappa shape index (κ1) is 13.5. The van der Waals surface area contributed by atoms with E-state index in [9.17, 15) is 4.39 Å². The number of hydrogen-bond donors (Lipinski definition) is 1. The fourth-order valence-electron chi connectivity index (χ4n) is 2.60. The van der Waals surface area contributed by atoms with Crippen LogP contribution in [0.25, 0.3) is 0 Å². The standard InChI is InChI=1S/C15H23FN2/c1-12-3-2-9-18(10-8-12)11-15(17)13-4-6-14(16)7-5-13/h4-7,12,15H,2-3,8-11,17H2,1H3. The minimum Gasteiger partial charge on any atom is -0.323 e. The summed E-state index contributed by atoms with van der Waals surface area (Å²) in [5, 5.41) is 0. The lowest BCUT2D eigenvalue weighted by Gasteiger charge is -2.24. The van der Waals surface area contributed by atoms with E-state index in [0.717, 1.165) is 31.1 Å². The zero-order valence-electron chi connectivity index (χ0n) is 11.1. The van der Waals surface area contributed by atoms with Crippen LogP contribution in [0, 0.1) is 11.7 Å². The molecule has 0 aromatic heterocycles. The van der Waals surface area contributed by atoms with E-state index in [2.05, 4.69) is 11.8 Å². The van der Waals surface area contributed by atoms with Gasteiger partial charge in [0, 0.05) is 12.6 Å². The maximum atomic E-state index is 12.9. The van der Waals surface area contributed by atoms with Gasteiger partial charge in [-0.2, -0.15) is 0 Å². The Kier molecular flexibility index (Phi) is 4.72. The van der Waals surface area contributed by atoms with Gasteiger partial charge in [0.15, 0.2) is 0 Å². The third kappa shape index (κ3) is 3.79. The molecule has 0 spiro atoms. The molecule has 1 aromatic carbocycles. The van der Waals surface area contributed by atoms with Gasteiger partial charge in [-0.15, -0.1) is 0 Å². The predicted octanol–water partition coefficient (Wildman–Crippen LogP) is 2.95. The number of halogens is 1. The Balaban J connectivity index is 1.90. The van der Waals surface area contributed by atoms with E-state index in [0.29, 0.717) is 0 Å². The number of likely N-dealkylation sites (tertiary alicyclic amines) is 1. The zero-order valence-corrected chi connectivity index (χ0v) is 11.1. The average Bonchev–Trinajstić information content (AvgIpc) is 2.55. The molecule has 1 fully saturated rings. The third-order valence-electron chi connectivity index (χ3n) is 3.86.